The first-order valence-corrected chi connectivity index (χ1v) is 21.7. The van der Waals surface area contributed by atoms with Crippen LogP contribution in [0.1, 0.15) is 120 Å². The predicted molar refractivity (Wildman–Crippen MR) is 220 cm³/mol. The number of halogens is 2. The topological polar surface area (TPSA) is 188 Å². The Labute approximate surface area is 355 Å². The van der Waals surface area contributed by atoms with Gasteiger partial charge in [-0.2, -0.15) is 10.2 Å². The summed E-state index contributed by atoms with van der Waals surface area (Å²) in [6.07, 6.45) is 10.1. The van der Waals surface area contributed by atoms with Crippen LogP contribution in [-0.2, 0) is 14.3 Å². The van der Waals surface area contributed by atoms with E-state index in [2.05, 4.69) is 43.0 Å². The number of morpholine rings is 1. The van der Waals surface area contributed by atoms with E-state index in [-0.39, 0.29) is 59.4 Å². The summed E-state index contributed by atoms with van der Waals surface area (Å²) in [7, 11) is 2.16. The van der Waals surface area contributed by atoms with Gasteiger partial charge in [-0.1, -0.05) is 6.07 Å². The van der Waals surface area contributed by atoms with Gasteiger partial charge in [-0.05, 0) is 95.4 Å². The zero-order valence-electron chi connectivity index (χ0n) is 34.3. The molecule has 19 heteroatoms. The molecule has 10 rings (SSSR count). The third-order valence-corrected chi connectivity index (χ3v) is 13.9. The van der Waals surface area contributed by atoms with Crippen LogP contribution in [0.5, 0.6) is 0 Å². The predicted octanol–water partition coefficient (Wildman–Crippen LogP) is 4.58. The summed E-state index contributed by atoms with van der Waals surface area (Å²) < 4.78 is 37.5. The van der Waals surface area contributed by atoms with Crippen molar-refractivity contribution in [2.24, 2.45) is 5.92 Å². The van der Waals surface area contributed by atoms with Crippen molar-refractivity contribution in [2.75, 3.05) is 42.3 Å². The molecule has 62 heavy (non-hydrogen) atoms. The van der Waals surface area contributed by atoms with Crippen LogP contribution in [0.15, 0.2) is 42.9 Å². The molecule has 4 aromatic rings. The summed E-state index contributed by atoms with van der Waals surface area (Å²) in [5.74, 6) is -1.51. The number of ether oxygens (including phenoxy) is 1. The van der Waals surface area contributed by atoms with Crippen molar-refractivity contribution in [3.63, 3.8) is 0 Å². The molecular formula is C43H49F2N11O6. The molecule has 3 atom stereocenters. The van der Waals surface area contributed by atoms with Gasteiger partial charge in [0.05, 0.1) is 47.8 Å². The van der Waals surface area contributed by atoms with E-state index < -0.39 is 47.7 Å². The van der Waals surface area contributed by atoms with Crippen molar-refractivity contribution in [3.05, 3.63) is 65.2 Å². The standard InChI is InChI=1S/C43H49F2N11O6/c1-52(25-11-7-24(8-12-25)47-31-4-2-3-29-36(31)43(61)56(42(29)60)33-13-14-35(57)50-41(33)59)19-23-5-9-26(10-6-23)55-21-32(37(51-55)38(44)45)48-40(58)30-18-46-54-16-15-34(49-39(30)54)53-20-28-17-27(53)22-62-28/h2-4,15-16,18,21,23-28,33,38,47H,5-14,17,19-20,22H2,1H3,(H,48,58)(H,50,57,59)/t23-,24-,25-,26-,27-,28-,33?/m1/s1. The number of piperidine rings is 1. The highest BCUT2D eigenvalue weighted by atomic mass is 19.3. The fourth-order valence-electron chi connectivity index (χ4n) is 10.6. The van der Waals surface area contributed by atoms with Gasteiger partial charge in [0.15, 0.2) is 11.3 Å². The minimum absolute atomic E-state index is 0.0209. The molecule has 3 saturated heterocycles. The largest absolute Gasteiger partial charge is 0.382 e. The van der Waals surface area contributed by atoms with Crippen LogP contribution in [0.3, 0.4) is 0 Å². The Hall–Kier alpha value is -5.82. The smallest absolute Gasteiger partial charge is 0.284 e. The number of benzene rings is 1. The number of nitrogens with zero attached hydrogens (tertiary/aromatic N) is 8. The Morgan fingerprint density at radius 2 is 1.79 bits per heavy atom. The fourth-order valence-corrected chi connectivity index (χ4v) is 10.6. The molecule has 326 valence electrons. The number of aromatic nitrogens is 5. The third-order valence-electron chi connectivity index (χ3n) is 13.9. The van der Waals surface area contributed by atoms with E-state index in [1.165, 1.54) is 16.9 Å². The molecule has 3 N–H and O–H groups in total. The molecule has 6 aliphatic rings. The summed E-state index contributed by atoms with van der Waals surface area (Å²) in [6.45, 7) is 2.28. The van der Waals surface area contributed by atoms with Crippen LogP contribution in [0.25, 0.3) is 5.65 Å². The molecule has 2 saturated carbocycles. The molecule has 0 radical (unpaired) electrons. The minimum atomic E-state index is -2.88. The Morgan fingerprint density at radius 1 is 0.984 bits per heavy atom. The van der Waals surface area contributed by atoms with Crippen molar-refractivity contribution in [2.45, 2.75) is 113 Å². The Kier molecular flexibility index (Phi) is 10.5. The molecule has 7 heterocycles. The first-order chi connectivity index (χ1) is 30.0. The lowest BCUT2D eigenvalue weighted by Gasteiger charge is -2.38. The number of alkyl halides is 2. The van der Waals surface area contributed by atoms with E-state index in [1.807, 2.05) is 6.07 Å². The monoisotopic (exact) mass is 853 g/mol. The molecular weight excluding hydrogens is 805 g/mol. The third kappa shape index (κ3) is 7.37. The minimum Gasteiger partial charge on any atom is -0.382 e. The first kappa shape index (κ1) is 40.3. The lowest BCUT2D eigenvalue weighted by atomic mass is 9.84. The van der Waals surface area contributed by atoms with Crippen LogP contribution in [0, 0.1) is 5.92 Å². The maximum atomic E-state index is 14.3. The molecule has 17 nitrogen and oxygen atoms in total. The van der Waals surface area contributed by atoms with Gasteiger partial charge in [0.2, 0.25) is 11.8 Å². The van der Waals surface area contributed by atoms with E-state index in [0.29, 0.717) is 29.9 Å². The zero-order chi connectivity index (χ0) is 42.8. The van der Waals surface area contributed by atoms with Crippen LogP contribution in [0.2, 0.25) is 0 Å². The summed E-state index contributed by atoms with van der Waals surface area (Å²) in [6, 6.07) is 6.63. The fraction of sp³-hybridized carbons (Fsp3) is 0.535. The summed E-state index contributed by atoms with van der Waals surface area (Å²) >= 11 is 0. The number of hydrogen-bond donors (Lipinski definition) is 3. The summed E-state index contributed by atoms with van der Waals surface area (Å²) in [4.78, 5) is 75.0. The van der Waals surface area contributed by atoms with E-state index >= 15 is 0 Å². The lowest BCUT2D eigenvalue weighted by Crippen LogP contribution is -2.54. The first-order valence-electron chi connectivity index (χ1n) is 21.7. The van der Waals surface area contributed by atoms with Crippen molar-refractivity contribution >= 4 is 52.4 Å². The van der Waals surface area contributed by atoms with Crippen LogP contribution in [0.4, 0.5) is 26.0 Å². The SMILES string of the molecule is CN(C[C@H]1CC[C@H](n2cc(NC(=O)c3cnn4ccc(N5C[C@H]6C[C@@H]5CO6)nc34)c(C(F)F)n2)CC1)[C@H]1CC[C@H](Nc2cccc3c2C(=O)N(C2CCC(=O)NC2=O)C3=O)CC1. The lowest BCUT2D eigenvalue weighted by molar-refractivity contribution is -0.136. The van der Waals surface area contributed by atoms with Crippen molar-refractivity contribution in [1.82, 2.24) is 39.5 Å². The number of fused-ring (bicyclic) bond motifs is 4. The van der Waals surface area contributed by atoms with E-state index in [1.54, 1.807) is 29.1 Å². The number of anilines is 3. The molecule has 1 unspecified atom stereocenters. The van der Waals surface area contributed by atoms with E-state index in [0.717, 1.165) is 81.6 Å². The molecule has 5 amide bonds. The molecule has 5 fully saturated rings. The Bertz CT molecular complexity index is 2440. The summed E-state index contributed by atoms with van der Waals surface area (Å²) in [5.41, 5.74) is 1.15. The van der Waals surface area contributed by atoms with Gasteiger partial charge in [-0.3, -0.25) is 38.9 Å². The average Bonchev–Trinajstić information content (AvgIpc) is 4.12. The van der Waals surface area contributed by atoms with Crippen LogP contribution in [-0.4, -0.2) is 121 Å². The molecule has 3 aromatic heterocycles. The van der Waals surface area contributed by atoms with Gasteiger partial charge >= 0.3 is 0 Å². The Morgan fingerprint density at radius 3 is 2.52 bits per heavy atom. The maximum absolute atomic E-state index is 14.3. The van der Waals surface area contributed by atoms with Gasteiger partial charge in [-0.25, -0.2) is 18.3 Å². The molecule has 0 spiro atoms. The zero-order valence-corrected chi connectivity index (χ0v) is 34.3. The summed E-state index contributed by atoms with van der Waals surface area (Å²) in [5, 5.41) is 17.0. The highest BCUT2D eigenvalue weighted by Crippen LogP contribution is 2.38. The Balaban J connectivity index is 0.717. The van der Waals surface area contributed by atoms with Gasteiger partial charge in [0, 0.05) is 49.7 Å². The molecule has 2 bridgehead atoms. The van der Waals surface area contributed by atoms with E-state index in [9.17, 15) is 32.8 Å². The number of nitrogens with one attached hydrogen (secondary N) is 3. The van der Waals surface area contributed by atoms with Gasteiger partial charge in [0.25, 0.3) is 24.1 Å². The van der Waals surface area contributed by atoms with Crippen LogP contribution >= 0.6 is 0 Å². The second-order valence-corrected chi connectivity index (χ2v) is 17.7. The second kappa shape index (κ2) is 16.1. The van der Waals surface area contributed by atoms with Crippen molar-refractivity contribution in [3.8, 4) is 0 Å². The normalized spacial score (nSPS) is 27.5. The number of imide groups is 2. The van der Waals surface area contributed by atoms with E-state index in [4.69, 9.17) is 9.72 Å². The number of carbonyl (C=O) groups excluding carboxylic acids is 5. The van der Waals surface area contributed by atoms with Gasteiger partial charge < -0.3 is 25.2 Å². The highest BCUT2D eigenvalue weighted by Gasteiger charge is 2.46. The highest BCUT2D eigenvalue weighted by molar-refractivity contribution is 6.25. The quantitative estimate of drug-likeness (QED) is 0.179. The molecule has 4 aliphatic heterocycles. The molecule has 2 aliphatic carbocycles. The average molecular weight is 854 g/mol. The van der Waals surface area contributed by atoms with Gasteiger partial charge in [-0.15, -0.1) is 0 Å². The van der Waals surface area contributed by atoms with Gasteiger partial charge in [0.1, 0.15) is 17.4 Å². The van der Waals surface area contributed by atoms with Crippen molar-refractivity contribution in [1.29, 1.82) is 0 Å². The number of rotatable bonds is 11. The number of hydrogen-bond acceptors (Lipinski definition) is 12. The number of amides is 5. The van der Waals surface area contributed by atoms with Crippen LogP contribution < -0.4 is 20.9 Å². The van der Waals surface area contributed by atoms with Crippen molar-refractivity contribution < 1.29 is 37.5 Å². The number of carbonyl (C=O) groups is 5. The maximum Gasteiger partial charge on any atom is 0.284 e. The molecule has 1 aromatic carbocycles. The second-order valence-electron chi connectivity index (χ2n) is 17.7.